The molecular formula is C14H14ClFN2O2S. The molecule has 0 spiro atoms. The lowest BCUT2D eigenvalue weighted by Crippen LogP contribution is -2.12. The van der Waals surface area contributed by atoms with Gasteiger partial charge in [-0.3, -0.25) is 0 Å². The van der Waals surface area contributed by atoms with Crippen LogP contribution in [0.4, 0.5) is 10.1 Å². The molecule has 3 N–H and O–H groups in total. The smallest absolute Gasteiger partial charge is 0.238 e. The summed E-state index contributed by atoms with van der Waals surface area (Å²) in [6, 6.07) is 8.99. The summed E-state index contributed by atoms with van der Waals surface area (Å²) >= 11 is 6.00. The summed E-state index contributed by atoms with van der Waals surface area (Å²) in [6.07, 6.45) is 0. The van der Waals surface area contributed by atoms with Crippen molar-refractivity contribution >= 4 is 27.3 Å². The van der Waals surface area contributed by atoms with E-state index >= 15 is 0 Å². The van der Waals surface area contributed by atoms with Gasteiger partial charge in [0, 0.05) is 6.54 Å². The molecular weight excluding hydrogens is 315 g/mol. The molecule has 0 saturated carbocycles. The lowest BCUT2D eigenvalue weighted by atomic mass is 10.1. The number of nitrogens with one attached hydrogen (secondary N) is 1. The first-order chi connectivity index (χ1) is 9.77. The Kier molecular flexibility index (Phi) is 4.51. The van der Waals surface area contributed by atoms with Crippen LogP contribution in [0.5, 0.6) is 0 Å². The van der Waals surface area contributed by atoms with E-state index in [-0.39, 0.29) is 10.7 Å². The maximum atomic E-state index is 13.5. The molecule has 0 saturated heterocycles. The van der Waals surface area contributed by atoms with Crippen LogP contribution in [0.2, 0.25) is 5.02 Å². The number of hydrogen-bond acceptors (Lipinski definition) is 3. The molecule has 0 radical (unpaired) electrons. The highest BCUT2D eigenvalue weighted by Gasteiger charge is 2.10. The molecule has 0 aliphatic carbocycles. The summed E-state index contributed by atoms with van der Waals surface area (Å²) in [5.41, 5.74) is 1.70. The number of anilines is 1. The van der Waals surface area contributed by atoms with Crippen molar-refractivity contribution in [2.24, 2.45) is 5.14 Å². The number of sulfonamides is 1. The number of rotatable bonds is 4. The molecule has 4 nitrogen and oxygen atoms in total. The first-order valence-corrected chi connectivity index (χ1v) is 8.01. The zero-order chi connectivity index (χ0) is 15.6. The molecule has 0 fully saturated rings. The Morgan fingerprint density at radius 1 is 1.24 bits per heavy atom. The van der Waals surface area contributed by atoms with Gasteiger partial charge in [0.1, 0.15) is 5.82 Å². The Bertz CT molecular complexity index is 779. The number of nitrogens with two attached hydrogens (primary N) is 1. The van der Waals surface area contributed by atoms with Crippen LogP contribution in [0, 0.1) is 12.7 Å². The van der Waals surface area contributed by atoms with Crippen molar-refractivity contribution in [3.05, 3.63) is 58.4 Å². The van der Waals surface area contributed by atoms with E-state index in [1.54, 1.807) is 19.1 Å². The van der Waals surface area contributed by atoms with Gasteiger partial charge < -0.3 is 5.32 Å². The average Bonchev–Trinajstić information content (AvgIpc) is 2.40. The van der Waals surface area contributed by atoms with Crippen molar-refractivity contribution in [2.75, 3.05) is 5.32 Å². The molecule has 2 aromatic carbocycles. The van der Waals surface area contributed by atoms with Crippen LogP contribution >= 0.6 is 11.6 Å². The van der Waals surface area contributed by atoms with Gasteiger partial charge in [-0.25, -0.2) is 17.9 Å². The van der Waals surface area contributed by atoms with Crippen molar-refractivity contribution < 1.29 is 12.8 Å². The largest absolute Gasteiger partial charge is 0.380 e. The van der Waals surface area contributed by atoms with Crippen LogP contribution < -0.4 is 10.5 Å². The number of aryl methyl sites for hydroxylation is 1. The standard InChI is InChI=1S/C14H14ClFN2O2S/c1-9-2-3-10(6-13(9)16)8-18-14-7-11(21(17,19)20)4-5-12(14)15/h2-7,18H,8H2,1H3,(H2,17,19,20). The molecule has 2 rings (SSSR count). The second-order valence-electron chi connectivity index (χ2n) is 4.62. The predicted octanol–water partition coefficient (Wildman–Crippen LogP) is 3.05. The van der Waals surface area contributed by atoms with Gasteiger partial charge in [0.05, 0.1) is 15.6 Å². The minimum absolute atomic E-state index is 0.0375. The number of benzene rings is 2. The molecule has 112 valence electrons. The summed E-state index contributed by atoms with van der Waals surface area (Å²) in [5.74, 6) is -0.293. The van der Waals surface area contributed by atoms with Crippen molar-refractivity contribution in [3.63, 3.8) is 0 Å². The Labute approximate surface area is 127 Å². The predicted molar refractivity (Wildman–Crippen MR) is 81.3 cm³/mol. The summed E-state index contributed by atoms with van der Waals surface area (Å²) in [5, 5.41) is 8.40. The van der Waals surface area contributed by atoms with E-state index < -0.39 is 10.0 Å². The maximum Gasteiger partial charge on any atom is 0.238 e. The van der Waals surface area contributed by atoms with Crippen molar-refractivity contribution in [1.82, 2.24) is 0 Å². The van der Waals surface area contributed by atoms with E-state index in [0.717, 1.165) is 5.56 Å². The minimum Gasteiger partial charge on any atom is -0.380 e. The monoisotopic (exact) mass is 328 g/mol. The Hall–Kier alpha value is -1.63. The SMILES string of the molecule is Cc1ccc(CNc2cc(S(N)(=O)=O)ccc2Cl)cc1F. The first kappa shape index (κ1) is 15.8. The second kappa shape index (κ2) is 6.01. The minimum atomic E-state index is -3.80. The van der Waals surface area contributed by atoms with Gasteiger partial charge in [-0.15, -0.1) is 0 Å². The van der Waals surface area contributed by atoms with Gasteiger partial charge in [0.15, 0.2) is 0 Å². The third-order valence-corrected chi connectivity index (χ3v) is 4.23. The van der Waals surface area contributed by atoms with Crippen LogP contribution in [-0.2, 0) is 16.6 Å². The molecule has 0 aliphatic heterocycles. The van der Waals surface area contributed by atoms with E-state index in [0.29, 0.717) is 22.8 Å². The van der Waals surface area contributed by atoms with Crippen molar-refractivity contribution in [1.29, 1.82) is 0 Å². The van der Waals surface area contributed by atoms with Crippen LogP contribution in [-0.4, -0.2) is 8.42 Å². The summed E-state index contributed by atoms with van der Waals surface area (Å²) in [4.78, 5) is -0.0375. The quantitative estimate of drug-likeness (QED) is 0.906. The van der Waals surface area contributed by atoms with Crippen LogP contribution in [0.1, 0.15) is 11.1 Å². The van der Waals surface area contributed by atoms with Crippen molar-refractivity contribution in [2.45, 2.75) is 18.4 Å². The summed E-state index contributed by atoms with van der Waals surface area (Å²) in [7, 11) is -3.80. The number of primary sulfonamides is 1. The number of halogens is 2. The van der Waals surface area contributed by atoms with E-state index in [4.69, 9.17) is 16.7 Å². The highest BCUT2D eigenvalue weighted by Crippen LogP contribution is 2.25. The molecule has 0 aromatic heterocycles. The fourth-order valence-corrected chi connectivity index (χ4v) is 2.48. The van der Waals surface area contributed by atoms with Crippen LogP contribution in [0.15, 0.2) is 41.3 Å². The van der Waals surface area contributed by atoms with E-state index in [9.17, 15) is 12.8 Å². The van der Waals surface area contributed by atoms with Gasteiger partial charge in [0.25, 0.3) is 0 Å². The zero-order valence-corrected chi connectivity index (χ0v) is 12.8. The highest BCUT2D eigenvalue weighted by molar-refractivity contribution is 7.89. The fourth-order valence-electron chi connectivity index (χ4n) is 1.76. The molecule has 0 atom stereocenters. The Morgan fingerprint density at radius 3 is 2.57 bits per heavy atom. The lowest BCUT2D eigenvalue weighted by Gasteiger charge is -2.10. The van der Waals surface area contributed by atoms with Crippen LogP contribution in [0.3, 0.4) is 0 Å². The summed E-state index contributed by atoms with van der Waals surface area (Å²) < 4.78 is 36.1. The average molecular weight is 329 g/mol. The third-order valence-electron chi connectivity index (χ3n) is 2.99. The second-order valence-corrected chi connectivity index (χ2v) is 6.59. The normalized spacial score (nSPS) is 11.4. The molecule has 0 aliphatic rings. The summed E-state index contributed by atoms with van der Waals surface area (Å²) in [6.45, 7) is 1.99. The van der Waals surface area contributed by atoms with Gasteiger partial charge in [-0.05, 0) is 42.3 Å². The van der Waals surface area contributed by atoms with Crippen LogP contribution in [0.25, 0.3) is 0 Å². The molecule has 2 aromatic rings. The third kappa shape index (κ3) is 3.93. The molecule has 7 heteroatoms. The molecule has 0 unspecified atom stereocenters. The van der Waals surface area contributed by atoms with E-state index in [1.807, 2.05) is 0 Å². The zero-order valence-electron chi connectivity index (χ0n) is 11.2. The lowest BCUT2D eigenvalue weighted by molar-refractivity contribution is 0.598. The van der Waals surface area contributed by atoms with E-state index in [2.05, 4.69) is 5.32 Å². The molecule has 0 heterocycles. The fraction of sp³-hybridized carbons (Fsp3) is 0.143. The highest BCUT2D eigenvalue weighted by atomic mass is 35.5. The van der Waals surface area contributed by atoms with Crippen molar-refractivity contribution in [3.8, 4) is 0 Å². The number of hydrogen-bond donors (Lipinski definition) is 2. The Balaban J connectivity index is 2.21. The molecule has 0 bridgehead atoms. The molecule has 0 amide bonds. The van der Waals surface area contributed by atoms with E-state index in [1.165, 1.54) is 24.3 Å². The van der Waals surface area contributed by atoms with Gasteiger partial charge in [0.2, 0.25) is 10.0 Å². The van der Waals surface area contributed by atoms with Gasteiger partial charge in [-0.1, -0.05) is 23.7 Å². The molecule has 21 heavy (non-hydrogen) atoms. The Morgan fingerprint density at radius 2 is 1.95 bits per heavy atom. The van der Waals surface area contributed by atoms with Gasteiger partial charge >= 0.3 is 0 Å². The first-order valence-electron chi connectivity index (χ1n) is 6.08. The maximum absolute atomic E-state index is 13.5. The topological polar surface area (TPSA) is 72.2 Å². The van der Waals surface area contributed by atoms with Gasteiger partial charge in [-0.2, -0.15) is 0 Å².